The lowest BCUT2D eigenvalue weighted by Gasteiger charge is -2.39. The highest BCUT2D eigenvalue weighted by Crippen LogP contribution is 2.31. The van der Waals surface area contributed by atoms with Crippen molar-refractivity contribution in [2.45, 2.75) is 51.0 Å². The molecule has 2 saturated heterocycles. The topological polar surface area (TPSA) is 70.7 Å². The highest BCUT2D eigenvalue weighted by atomic mass is 16.5. The van der Waals surface area contributed by atoms with Gasteiger partial charge in [0.1, 0.15) is 5.75 Å². The minimum Gasteiger partial charge on any atom is -0.493 e. The number of nitrogens with one attached hydrogen (secondary N) is 2. The highest BCUT2D eigenvalue weighted by molar-refractivity contribution is 5.79. The predicted molar refractivity (Wildman–Crippen MR) is 100 cm³/mol. The van der Waals surface area contributed by atoms with Crippen molar-refractivity contribution in [3.63, 3.8) is 0 Å². The number of hydrogen-bond acceptors (Lipinski definition) is 3. The van der Waals surface area contributed by atoms with Gasteiger partial charge in [0, 0.05) is 31.6 Å². The molecule has 3 rings (SSSR count). The van der Waals surface area contributed by atoms with Crippen LogP contribution in [0.3, 0.4) is 0 Å². The zero-order chi connectivity index (χ0) is 18.4. The Morgan fingerprint density at radius 2 is 2.04 bits per heavy atom. The molecule has 0 bridgehead atoms. The number of ether oxygens (including phenoxy) is 1. The first kappa shape index (κ1) is 18.5. The van der Waals surface area contributed by atoms with Crippen LogP contribution in [0.5, 0.6) is 5.75 Å². The van der Waals surface area contributed by atoms with Gasteiger partial charge in [0.15, 0.2) is 0 Å². The molecule has 142 valence electrons. The summed E-state index contributed by atoms with van der Waals surface area (Å²) in [5.74, 6) is 1.05. The summed E-state index contributed by atoms with van der Waals surface area (Å²) < 4.78 is 5.76. The van der Waals surface area contributed by atoms with E-state index in [1.54, 1.807) is 0 Å². The molecular formula is C20H29N3O3. The maximum atomic E-state index is 12.4. The largest absolute Gasteiger partial charge is 0.493 e. The monoisotopic (exact) mass is 359 g/mol. The number of benzene rings is 1. The molecule has 2 fully saturated rings. The summed E-state index contributed by atoms with van der Waals surface area (Å²) in [5, 5.41) is 6.12. The Kier molecular flexibility index (Phi) is 6.01. The van der Waals surface area contributed by atoms with E-state index in [1.807, 2.05) is 29.2 Å². The molecule has 2 N–H and O–H groups in total. The molecule has 6 nitrogen and oxygen atoms in total. The number of piperidine rings is 1. The molecule has 2 aliphatic rings. The quantitative estimate of drug-likeness (QED) is 0.820. The van der Waals surface area contributed by atoms with Gasteiger partial charge in [-0.2, -0.15) is 0 Å². The number of rotatable bonds is 6. The summed E-state index contributed by atoms with van der Waals surface area (Å²) in [6.07, 6.45) is 4.93. The van der Waals surface area contributed by atoms with Gasteiger partial charge in [-0.05, 0) is 43.7 Å². The summed E-state index contributed by atoms with van der Waals surface area (Å²) in [4.78, 5) is 25.8. The Hall–Kier alpha value is -2.24. The Labute approximate surface area is 155 Å². The number of carbonyl (C=O) groups excluding carboxylic acids is 2. The summed E-state index contributed by atoms with van der Waals surface area (Å²) in [6.45, 7) is 4.77. The van der Waals surface area contributed by atoms with Crippen LogP contribution in [0, 0.1) is 0 Å². The first-order valence-electron chi connectivity index (χ1n) is 9.66. The Morgan fingerprint density at radius 1 is 1.27 bits per heavy atom. The summed E-state index contributed by atoms with van der Waals surface area (Å²) in [5.41, 5.74) is 1.05. The smallest absolute Gasteiger partial charge is 0.317 e. The first-order chi connectivity index (χ1) is 12.6. The molecule has 0 unspecified atom stereocenters. The third-order valence-corrected chi connectivity index (χ3v) is 5.35. The van der Waals surface area contributed by atoms with Crippen LogP contribution < -0.4 is 15.4 Å². The summed E-state index contributed by atoms with van der Waals surface area (Å²) in [6, 6.07) is 7.97. The second kappa shape index (κ2) is 8.43. The fourth-order valence-electron chi connectivity index (χ4n) is 3.77. The lowest BCUT2D eigenvalue weighted by Crippen LogP contribution is -2.54. The van der Waals surface area contributed by atoms with Gasteiger partial charge >= 0.3 is 6.03 Å². The van der Waals surface area contributed by atoms with Gasteiger partial charge in [-0.15, -0.1) is 0 Å². The number of amides is 3. The number of para-hydroxylation sites is 1. The van der Waals surface area contributed by atoms with Crippen molar-refractivity contribution in [1.29, 1.82) is 0 Å². The molecule has 1 aromatic rings. The molecule has 26 heavy (non-hydrogen) atoms. The minimum absolute atomic E-state index is 0.0175. The van der Waals surface area contributed by atoms with E-state index >= 15 is 0 Å². The van der Waals surface area contributed by atoms with Gasteiger partial charge in [0.05, 0.1) is 6.61 Å². The molecule has 0 saturated carbocycles. The van der Waals surface area contributed by atoms with Crippen LogP contribution in [-0.2, 0) is 11.2 Å². The third-order valence-electron chi connectivity index (χ3n) is 5.35. The van der Waals surface area contributed by atoms with E-state index < -0.39 is 0 Å². The zero-order valence-electron chi connectivity index (χ0n) is 15.6. The van der Waals surface area contributed by atoms with Crippen LogP contribution in [0.1, 0.15) is 44.6 Å². The standard InChI is InChI=1S/C20H29N3O3/c1-2-15-26-17-6-4-3-5-16(17)8-12-21-19(25)23-13-10-20(11-14-23)9-7-18(24)22-20/h3-6H,2,7-15H2,1H3,(H,21,25)(H,22,24). The Morgan fingerprint density at radius 3 is 2.73 bits per heavy atom. The van der Waals surface area contributed by atoms with Crippen molar-refractivity contribution in [2.24, 2.45) is 0 Å². The molecule has 0 radical (unpaired) electrons. The number of hydrogen-bond donors (Lipinski definition) is 2. The normalized spacial score (nSPS) is 18.7. The average molecular weight is 359 g/mol. The highest BCUT2D eigenvalue weighted by Gasteiger charge is 2.40. The second-order valence-corrected chi connectivity index (χ2v) is 7.25. The maximum Gasteiger partial charge on any atom is 0.317 e. The van der Waals surface area contributed by atoms with Crippen molar-refractivity contribution in [2.75, 3.05) is 26.2 Å². The molecule has 2 heterocycles. The van der Waals surface area contributed by atoms with Crippen LogP contribution >= 0.6 is 0 Å². The van der Waals surface area contributed by atoms with Crippen molar-refractivity contribution in [3.05, 3.63) is 29.8 Å². The van der Waals surface area contributed by atoms with Crippen molar-refractivity contribution in [3.8, 4) is 5.75 Å². The van der Waals surface area contributed by atoms with Crippen molar-refractivity contribution >= 4 is 11.9 Å². The van der Waals surface area contributed by atoms with Crippen LogP contribution in [0.25, 0.3) is 0 Å². The van der Waals surface area contributed by atoms with Gasteiger partial charge in [0.25, 0.3) is 0 Å². The number of carbonyl (C=O) groups is 2. The fourth-order valence-corrected chi connectivity index (χ4v) is 3.77. The van der Waals surface area contributed by atoms with Gasteiger partial charge in [-0.1, -0.05) is 25.1 Å². The number of likely N-dealkylation sites (tertiary alicyclic amines) is 1. The Balaban J connectivity index is 1.43. The molecule has 6 heteroatoms. The van der Waals surface area contributed by atoms with E-state index in [0.29, 0.717) is 32.7 Å². The molecule has 1 spiro atoms. The maximum absolute atomic E-state index is 12.4. The van der Waals surface area contributed by atoms with Crippen LogP contribution in [0.2, 0.25) is 0 Å². The lowest BCUT2D eigenvalue weighted by atomic mass is 9.86. The molecule has 0 atom stereocenters. The average Bonchev–Trinajstić information content (AvgIpc) is 3.01. The molecule has 3 amide bonds. The van der Waals surface area contributed by atoms with E-state index in [2.05, 4.69) is 17.6 Å². The Bertz CT molecular complexity index is 639. The van der Waals surface area contributed by atoms with Crippen LogP contribution in [0.15, 0.2) is 24.3 Å². The molecule has 2 aliphatic heterocycles. The minimum atomic E-state index is -0.0661. The van der Waals surface area contributed by atoms with Gasteiger partial charge in [0.2, 0.25) is 5.91 Å². The van der Waals surface area contributed by atoms with E-state index in [4.69, 9.17) is 4.74 Å². The molecule has 1 aromatic carbocycles. The lowest BCUT2D eigenvalue weighted by molar-refractivity contribution is -0.120. The fraction of sp³-hybridized carbons (Fsp3) is 0.600. The third kappa shape index (κ3) is 4.48. The van der Waals surface area contributed by atoms with E-state index in [9.17, 15) is 9.59 Å². The predicted octanol–water partition coefficient (Wildman–Crippen LogP) is 2.47. The molecule has 0 aliphatic carbocycles. The van der Waals surface area contributed by atoms with Crippen LogP contribution in [0.4, 0.5) is 4.79 Å². The zero-order valence-corrected chi connectivity index (χ0v) is 15.6. The van der Waals surface area contributed by atoms with Gasteiger partial charge in [-0.3, -0.25) is 4.79 Å². The van der Waals surface area contributed by atoms with E-state index in [-0.39, 0.29) is 17.5 Å². The first-order valence-corrected chi connectivity index (χ1v) is 9.66. The van der Waals surface area contributed by atoms with E-state index in [1.165, 1.54) is 0 Å². The van der Waals surface area contributed by atoms with Crippen molar-refractivity contribution < 1.29 is 14.3 Å². The number of nitrogens with zero attached hydrogens (tertiary/aromatic N) is 1. The molecule has 0 aromatic heterocycles. The number of urea groups is 1. The van der Waals surface area contributed by atoms with Crippen LogP contribution in [-0.4, -0.2) is 48.6 Å². The summed E-state index contributed by atoms with van der Waals surface area (Å²) in [7, 11) is 0. The molecular weight excluding hydrogens is 330 g/mol. The van der Waals surface area contributed by atoms with Crippen molar-refractivity contribution in [1.82, 2.24) is 15.5 Å². The second-order valence-electron chi connectivity index (χ2n) is 7.25. The van der Waals surface area contributed by atoms with E-state index in [0.717, 1.165) is 43.4 Å². The van der Waals surface area contributed by atoms with Gasteiger partial charge in [-0.25, -0.2) is 4.79 Å². The summed E-state index contributed by atoms with van der Waals surface area (Å²) >= 11 is 0. The van der Waals surface area contributed by atoms with Gasteiger partial charge < -0.3 is 20.3 Å². The SMILES string of the molecule is CCCOc1ccccc1CCNC(=O)N1CCC2(CCC(=O)N2)CC1.